The Morgan fingerprint density at radius 3 is 2.71 bits per heavy atom. The van der Waals surface area contributed by atoms with Crippen molar-refractivity contribution in [3.05, 3.63) is 24.8 Å². The summed E-state index contributed by atoms with van der Waals surface area (Å²) in [4.78, 5) is 0. The lowest BCUT2D eigenvalue weighted by Crippen LogP contribution is -1.94. The van der Waals surface area contributed by atoms with E-state index in [0.29, 0.717) is 0 Å². The van der Waals surface area contributed by atoms with Gasteiger partial charge in [0.2, 0.25) is 0 Å². The average molecular weight is 97.2 g/mol. The van der Waals surface area contributed by atoms with E-state index in [1.54, 1.807) is 6.08 Å². The van der Waals surface area contributed by atoms with E-state index in [1.165, 1.54) is 0 Å². The second-order valence-electron chi connectivity index (χ2n) is 1.24. The van der Waals surface area contributed by atoms with Crippen LogP contribution in [-0.2, 0) is 0 Å². The first kappa shape index (κ1) is 6.44. The van der Waals surface area contributed by atoms with Gasteiger partial charge in [-0.3, -0.25) is 0 Å². The highest BCUT2D eigenvalue weighted by Gasteiger charge is 1.65. The highest BCUT2D eigenvalue weighted by atomic mass is 14.5. The normalized spacial score (nSPS) is 9.86. The summed E-state index contributed by atoms with van der Waals surface area (Å²) in [6.45, 7) is 4.23. The molecule has 0 radical (unpaired) electrons. The summed E-state index contributed by atoms with van der Waals surface area (Å²) in [6, 6.07) is 0. The molecule has 0 saturated carbocycles. The number of allylic oxidation sites excluding steroid dienone is 2. The van der Waals surface area contributed by atoms with Crippen LogP contribution in [0.1, 0.15) is 6.42 Å². The molecular weight excluding hydrogens is 86.1 g/mol. The van der Waals surface area contributed by atoms with Gasteiger partial charge < -0.3 is 5.73 Å². The van der Waals surface area contributed by atoms with Gasteiger partial charge in [0.1, 0.15) is 0 Å². The Morgan fingerprint density at radius 1 is 1.57 bits per heavy atom. The van der Waals surface area contributed by atoms with E-state index in [9.17, 15) is 0 Å². The minimum atomic E-state index is 0.727. The predicted molar refractivity (Wildman–Crippen MR) is 33.0 cm³/mol. The van der Waals surface area contributed by atoms with E-state index in [1.807, 2.05) is 12.2 Å². The first-order valence-electron chi connectivity index (χ1n) is 2.39. The molecule has 0 unspecified atom stereocenters. The number of hydrogen-bond acceptors (Lipinski definition) is 1. The fourth-order valence-electron chi connectivity index (χ4n) is 0.289. The second kappa shape index (κ2) is 5.44. The van der Waals surface area contributed by atoms with Gasteiger partial charge in [0.25, 0.3) is 0 Å². The largest absolute Gasteiger partial charge is 0.330 e. The lowest BCUT2D eigenvalue weighted by atomic mass is 10.4. The summed E-state index contributed by atoms with van der Waals surface area (Å²) < 4.78 is 0. The van der Waals surface area contributed by atoms with Crippen molar-refractivity contribution in [1.82, 2.24) is 0 Å². The lowest BCUT2D eigenvalue weighted by Gasteiger charge is -1.78. The summed E-state index contributed by atoms with van der Waals surface area (Å²) in [5.41, 5.74) is 5.18. The van der Waals surface area contributed by atoms with Crippen molar-refractivity contribution in [2.45, 2.75) is 6.42 Å². The van der Waals surface area contributed by atoms with Gasteiger partial charge >= 0.3 is 0 Å². The zero-order valence-corrected chi connectivity index (χ0v) is 4.43. The Labute approximate surface area is 44.5 Å². The van der Waals surface area contributed by atoms with E-state index in [2.05, 4.69) is 6.58 Å². The average Bonchev–Trinajstić information content (AvgIpc) is 1.69. The topological polar surface area (TPSA) is 26.0 Å². The molecule has 0 aliphatic heterocycles. The predicted octanol–water partition coefficient (Wildman–Crippen LogP) is 1.08. The first-order valence-corrected chi connectivity index (χ1v) is 2.39. The molecule has 0 saturated heterocycles. The van der Waals surface area contributed by atoms with Crippen LogP contribution in [0.15, 0.2) is 24.8 Å². The molecule has 0 heterocycles. The fourth-order valence-corrected chi connectivity index (χ4v) is 0.289. The van der Waals surface area contributed by atoms with Crippen molar-refractivity contribution >= 4 is 0 Å². The van der Waals surface area contributed by atoms with E-state index >= 15 is 0 Å². The van der Waals surface area contributed by atoms with Gasteiger partial charge in [0, 0.05) is 0 Å². The molecule has 7 heavy (non-hydrogen) atoms. The Balaban J connectivity index is 2.92. The molecule has 0 rings (SSSR count). The molecule has 0 aromatic heterocycles. The first-order chi connectivity index (χ1) is 3.41. The Kier molecular flexibility index (Phi) is 5.00. The zero-order chi connectivity index (χ0) is 5.54. The van der Waals surface area contributed by atoms with Crippen LogP contribution in [0.2, 0.25) is 0 Å². The highest BCUT2D eigenvalue weighted by Crippen LogP contribution is 1.76. The number of rotatable bonds is 3. The third-order valence-electron chi connectivity index (χ3n) is 0.605. The van der Waals surface area contributed by atoms with E-state index < -0.39 is 0 Å². The molecule has 0 aromatic rings. The molecule has 0 amide bonds. The molecule has 0 aliphatic rings. The minimum absolute atomic E-state index is 0.727. The molecule has 0 atom stereocenters. The van der Waals surface area contributed by atoms with Crippen molar-refractivity contribution < 1.29 is 0 Å². The van der Waals surface area contributed by atoms with Crippen LogP contribution in [0.25, 0.3) is 0 Å². The van der Waals surface area contributed by atoms with E-state index in [4.69, 9.17) is 5.73 Å². The van der Waals surface area contributed by atoms with E-state index in [0.717, 1.165) is 13.0 Å². The summed E-state index contributed by atoms with van der Waals surface area (Å²) in [5, 5.41) is 0. The van der Waals surface area contributed by atoms with Gasteiger partial charge in [0.05, 0.1) is 0 Å². The molecule has 0 aliphatic carbocycles. The van der Waals surface area contributed by atoms with Crippen molar-refractivity contribution in [1.29, 1.82) is 0 Å². The molecule has 0 bridgehead atoms. The van der Waals surface area contributed by atoms with Gasteiger partial charge in [0.15, 0.2) is 0 Å². The minimum Gasteiger partial charge on any atom is -0.330 e. The van der Waals surface area contributed by atoms with Crippen molar-refractivity contribution in [3.8, 4) is 0 Å². The van der Waals surface area contributed by atoms with Crippen LogP contribution in [0.4, 0.5) is 0 Å². The highest BCUT2D eigenvalue weighted by molar-refractivity contribution is 4.96. The van der Waals surface area contributed by atoms with Crippen LogP contribution < -0.4 is 5.73 Å². The van der Waals surface area contributed by atoms with Crippen LogP contribution in [0.3, 0.4) is 0 Å². The maximum absolute atomic E-state index is 5.18. The molecule has 2 N–H and O–H groups in total. The fraction of sp³-hybridized carbons (Fsp3) is 0.333. The smallest absolute Gasteiger partial charge is 0.00425 e. The third-order valence-corrected chi connectivity index (χ3v) is 0.605. The monoisotopic (exact) mass is 97.1 g/mol. The maximum Gasteiger partial charge on any atom is -0.00425 e. The van der Waals surface area contributed by atoms with Gasteiger partial charge in [-0.25, -0.2) is 0 Å². The standard InChI is InChI=1S/C6H11N/c1-2-3-4-5-6-7/h2-4H,1,5-7H2. The number of hydrogen-bond donors (Lipinski definition) is 1. The van der Waals surface area contributed by atoms with Gasteiger partial charge in [-0.15, -0.1) is 0 Å². The molecule has 40 valence electrons. The zero-order valence-electron chi connectivity index (χ0n) is 4.43. The second-order valence-corrected chi connectivity index (χ2v) is 1.24. The van der Waals surface area contributed by atoms with Crippen molar-refractivity contribution in [2.75, 3.05) is 6.54 Å². The SMILES string of the molecule is C=CC=CCCN. The summed E-state index contributed by atoms with van der Waals surface area (Å²) in [5.74, 6) is 0. The molecule has 0 fully saturated rings. The quantitative estimate of drug-likeness (QED) is 0.524. The molecule has 1 heteroatoms. The van der Waals surface area contributed by atoms with E-state index in [-0.39, 0.29) is 0 Å². The molecule has 1 nitrogen and oxygen atoms in total. The van der Waals surface area contributed by atoms with Gasteiger partial charge in [-0.1, -0.05) is 24.8 Å². The molecular formula is C6H11N. The van der Waals surface area contributed by atoms with Crippen LogP contribution >= 0.6 is 0 Å². The van der Waals surface area contributed by atoms with Crippen LogP contribution in [0, 0.1) is 0 Å². The van der Waals surface area contributed by atoms with Crippen molar-refractivity contribution in [2.24, 2.45) is 5.73 Å². The van der Waals surface area contributed by atoms with Gasteiger partial charge in [-0.05, 0) is 13.0 Å². The van der Waals surface area contributed by atoms with Crippen LogP contribution in [0.5, 0.6) is 0 Å². The molecule has 0 aromatic carbocycles. The summed E-state index contributed by atoms with van der Waals surface area (Å²) >= 11 is 0. The summed E-state index contributed by atoms with van der Waals surface area (Å²) in [7, 11) is 0. The van der Waals surface area contributed by atoms with Crippen LogP contribution in [-0.4, -0.2) is 6.54 Å². The summed E-state index contributed by atoms with van der Waals surface area (Å²) in [6.07, 6.45) is 6.58. The maximum atomic E-state index is 5.18. The van der Waals surface area contributed by atoms with Gasteiger partial charge in [-0.2, -0.15) is 0 Å². The van der Waals surface area contributed by atoms with Crippen molar-refractivity contribution in [3.63, 3.8) is 0 Å². The number of nitrogens with two attached hydrogens (primary N) is 1. The third kappa shape index (κ3) is 5.44. The lowest BCUT2D eigenvalue weighted by molar-refractivity contribution is 1.01. The Morgan fingerprint density at radius 2 is 2.29 bits per heavy atom. The Bertz CT molecular complexity index is 64.6. The molecule has 0 spiro atoms. The Hall–Kier alpha value is -0.560.